The van der Waals surface area contributed by atoms with Gasteiger partial charge in [-0.2, -0.15) is 0 Å². The van der Waals surface area contributed by atoms with Crippen molar-refractivity contribution in [2.45, 2.75) is 19.4 Å². The first kappa shape index (κ1) is 17.0. The zero-order valence-electron chi connectivity index (χ0n) is 14.2. The maximum absolute atomic E-state index is 12.4. The number of hydrogen-bond acceptors (Lipinski definition) is 4. The van der Waals surface area contributed by atoms with Gasteiger partial charge in [-0.3, -0.25) is 14.6 Å². The quantitative estimate of drug-likeness (QED) is 0.907. The molecular weight excluding hydrogens is 318 g/mol. The van der Waals surface area contributed by atoms with Crippen LogP contribution in [-0.2, 0) is 6.54 Å². The summed E-state index contributed by atoms with van der Waals surface area (Å²) in [6.07, 6.45) is 5.05. The molecule has 0 unspecified atom stereocenters. The van der Waals surface area contributed by atoms with Crippen LogP contribution in [0.1, 0.15) is 39.1 Å². The maximum atomic E-state index is 12.4. The van der Waals surface area contributed by atoms with Gasteiger partial charge < -0.3 is 15.0 Å². The number of pyridine rings is 1. The molecule has 0 aliphatic carbocycles. The van der Waals surface area contributed by atoms with Crippen molar-refractivity contribution in [2.75, 3.05) is 20.2 Å². The first-order valence-electron chi connectivity index (χ1n) is 8.33. The molecule has 1 aromatic carbocycles. The molecule has 0 saturated carbocycles. The third-order valence-corrected chi connectivity index (χ3v) is 4.25. The summed E-state index contributed by atoms with van der Waals surface area (Å²) in [5.74, 6) is 0.460. The van der Waals surface area contributed by atoms with Crippen LogP contribution in [0.2, 0.25) is 0 Å². The van der Waals surface area contributed by atoms with E-state index in [1.54, 1.807) is 18.1 Å². The van der Waals surface area contributed by atoms with E-state index in [0.29, 0.717) is 17.7 Å². The van der Waals surface area contributed by atoms with Crippen molar-refractivity contribution in [1.29, 1.82) is 0 Å². The lowest BCUT2D eigenvalue weighted by Gasteiger charge is -2.15. The molecule has 130 valence electrons. The number of carbonyl (C=O) groups is 2. The number of nitrogens with zero attached hydrogens (tertiary/aromatic N) is 2. The van der Waals surface area contributed by atoms with Gasteiger partial charge in [-0.25, -0.2) is 0 Å². The monoisotopic (exact) mass is 339 g/mol. The Hall–Kier alpha value is -2.89. The fraction of sp³-hybridized carbons (Fsp3) is 0.316. The predicted molar refractivity (Wildman–Crippen MR) is 93.5 cm³/mol. The third kappa shape index (κ3) is 4.15. The molecular formula is C19H21N3O3. The van der Waals surface area contributed by atoms with Crippen LogP contribution in [0.3, 0.4) is 0 Å². The molecule has 0 atom stereocenters. The Kier molecular flexibility index (Phi) is 5.28. The molecule has 0 bridgehead atoms. The Labute approximate surface area is 146 Å². The second-order valence-electron chi connectivity index (χ2n) is 5.99. The summed E-state index contributed by atoms with van der Waals surface area (Å²) in [6.45, 7) is 1.94. The van der Waals surface area contributed by atoms with Crippen LogP contribution in [0.4, 0.5) is 0 Å². The number of hydrogen-bond donors (Lipinski definition) is 1. The highest BCUT2D eigenvalue weighted by Crippen LogP contribution is 2.14. The van der Waals surface area contributed by atoms with Crippen molar-refractivity contribution in [3.63, 3.8) is 0 Å². The number of rotatable bonds is 5. The molecule has 25 heavy (non-hydrogen) atoms. The Balaban J connectivity index is 1.63. The Bertz CT molecular complexity index is 753. The fourth-order valence-corrected chi connectivity index (χ4v) is 2.81. The minimum Gasteiger partial charge on any atom is -0.497 e. The highest BCUT2D eigenvalue weighted by atomic mass is 16.5. The lowest BCUT2D eigenvalue weighted by Crippen LogP contribution is -2.28. The first-order chi connectivity index (χ1) is 12.2. The molecule has 6 nitrogen and oxygen atoms in total. The second kappa shape index (κ2) is 7.79. The third-order valence-electron chi connectivity index (χ3n) is 4.25. The smallest absolute Gasteiger partial charge is 0.255 e. The van der Waals surface area contributed by atoms with Crippen molar-refractivity contribution in [1.82, 2.24) is 15.2 Å². The predicted octanol–water partition coefficient (Wildman–Crippen LogP) is 2.26. The van der Waals surface area contributed by atoms with Gasteiger partial charge in [-0.15, -0.1) is 0 Å². The average Bonchev–Trinajstić information content (AvgIpc) is 3.20. The van der Waals surface area contributed by atoms with Gasteiger partial charge in [0.25, 0.3) is 11.8 Å². The van der Waals surface area contributed by atoms with E-state index in [2.05, 4.69) is 10.3 Å². The van der Waals surface area contributed by atoms with Gasteiger partial charge in [-0.1, -0.05) is 12.1 Å². The minimum absolute atomic E-state index is 0.0604. The molecule has 1 aliphatic rings. The molecule has 0 radical (unpaired) electrons. The SMILES string of the molecule is COc1ccc(CNC(=O)c2cncc(C(=O)N3CCCC3)c2)cc1. The summed E-state index contributed by atoms with van der Waals surface area (Å²) in [7, 11) is 1.61. The highest BCUT2D eigenvalue weighted by molar-refractivity contribution is 5.99. The number of carbonyl (C=O) groups excluding carboxylic acids is 2. The van der Waals surface area contributed by atoms with Gasteiger partial charge in [0.05, 0.1) is 18.2 Å². The van der Waals surface area contributed by atoms with Gasteiger partial charge in [0, 0.05) is 32.0 Å². The number of likely N-dealkylation sites (tertiary alicyclic amines) is 1. The molecule has 6 heteroatoms. The van der Waals surface area contributed by atoms with Crippen LogP contribution in [0.25, 0.3) is 0 Å². The molecule has 2 aromatic rings. The van der Waals surface area contributed by atoms with E-state index in [1.807, 2.05) is 24.3 Å². The van der Waals surface area contributed by atoms with Crippen molar-refractivity contribution in [3.8, 4) is 5.75 Å². The Morgan fingerprint density at radius 1 is 1.12 bits per heavy atom. The fourth-order valence-electron chi connectivity index (χ4n) is 2.81. The average molecular weight is 339 g/mol. The van der Waals surface area contributed by atoms with Gasteiger partial charge >= 0.3 is 0 Å². The number of amides is 2. The lowest BCUT2D eigenvalue weighted by atomic mass is 10.1. The largest absolute Gasteiger partial charge is 0.497 e. The second-order valence-corrected chi connectivity index (χ2v) is 5.99. The summed E-state index contributed by atoms with van der Waals surface area (Å²) in [6, 6.07) is 9.09. The van der Waals surface area contributed by atoms with E-state index in [1.165, 1.54) is 12.4 Å². The standard InChI is InChI=1S/C19H21N3O3/c1-25-17-6-4-14(5-7-17)11-21-18(23)15-10-16(13-20-12-15)19(24)22-8-2-3-9-22/h4-7,10,12-13H,2-3,8-9,11H2,1H3,(H,21,23). The van der Waals surface area contributed by atoms with Gasteiger partial charge in [-0.05, 0) is 36.6 Å². The van der Waals surface area contributed by atoms with Crippen molar-refractivity contribution in [2.24, 2.45) is 0 Å². The molecule has 1 N–H and O–H groups in total. The van der Waals surface area contributed by atoms with Crippen LogP contribution in [0.5, 0.6) is 5.75 Å². The van der Waals surface area contributed by atoms with E-state index in [-0.39, 0.29) is 11.8 Å². The van der Waals surface area contributed by atoms with Crippen LogP contribution in [0.15, 0.2) is 42.7 Å². The minimum atomic E-state index is -0.251. The van der Waals surface area contributed by atoms with Crippen LogP contribution < -0.4 is 10.1 Å². The van der Waals surface area contributed by atoms with Crippen LogP contribution in [0, 0.1) is 0 Å². The van der Waals surface area contributed by atoms with Gasteiger partial charge in [0.1, 0.15) is 5.75 Å². The molecule has 1 aromatic heterocycles. The topological polar surface area (TPSA) is 71.5 Å². The van der Waals surface area contributed by atoms with Gasteiger partial charge in [0.15, 0.2) is 0 Å². The van der Waals surface area contributed by atoms with E-state index in [9.17, 15) is 9.59 Å². The van der Waals surface area contributed by atoms with Crippen LogP contribution >= 0.6 is 0 Å². The summed E-state index contributed by atoms with van der Waals surface area (Å²) in [5, 5.41) is 2.84. The van der Waals surface area contributed by atoms with E-state index < -0.39 is 0 Å². The van der Waals surface area contributed by atoms with E-state index in [4.69, 9.17) is 4.74 Å². The number of ether oxygens (including phenoxy) is 1. The van der Waals surface area contributed by atoms with Gasteiger partial charge in [0.2, 0.25) is 0 Å². The summed E-state index contributed by atoms with van der Waals surface area (Å²) >= 11 is 0. The van der Waals surface area contributed by atoms with Crippen molar-refractivity contribution < 1.29 is 14.3 Å². The maximum Gasteiger partial charge on any atom is 0.255 e. The molecule has 3 rings (SSSR count). The lowest BCUT2D eigenvalue weighted by molar-refractivity contribution is 0.0792. The summed E-state index contributed by atoms with van der Waals surface area (Å²) in [4.78, 5) is 30.6. The Morgan fingerprint density at radius 2 is 1.80 bits per heavy atom. The molecule has 1 fully saturated rings. The zero-order valence-corrected chi connectivity index (χ0v) is 14.2. The van der Waals surface area contributed by atoms with E-state index >= 15 is 0 Å². The first-order valence-corrected chi connectivity index (χ1v) is 8.33. The molecule has 1 aliphatic heterocycles. The Morgan fingerprint density at radius 3 is 2.48 bits per heavy atom. The number of methoxy groups -OCH3 is 1. The number of nitrogens with one attached hydrogen (secondary N) is 1. The number of aromatic nitrogens is 1. The number of benzene rings is 1. The molecule has 0 spiro atoms. The van der Waals surface area contributed by atoms with E-state index in [0.717, 1.165) is 37.2 Å². The molecule has 2 amide bonds. The summed E-state index contributed by atoms with van der Waals surface area (Å²) in [5.41, 5.74) is 1.81. The highest BCUT2D eigenvalue weighted by Gasteiger charge is 2.20. The van der Waals surface area contributed by atoms with Crippen molar-refractivity contribution >= 4 is 11.8 Å². The van der Waals surface area contributed by atoms with Crippen LogP contribution in [-0.4, -0.2) is 41.9 Å². The normalized spacial score (nSPS) is 13.6. The van der Waals surface area contributed by atoms with Crippen molar-refractivity contribution in [3.05, 3.63) is 59.4 Å². The molecule has 2 heterocycles. The molecule has 1 saturated heterocycles. The summed E-state index contributed by atoms with van der Waals surface area (Å²) < 4.78 is 5.11. The zero-order chi connectivity index (χ0) is 17.6.